The van der Waals surface area contributed by atoms with Gasteiger partial charge in [0.1, 0.15) is 0 Å². The molecule has 1 rings (SSSR count). The van der Waals surface area contributed by atoms with Crippen molar-refractivity contribution in [2.24, 2.45) is 5.41 Å². The van der Waals surface area contributed by atoms with E-state index >= 15 is 0 Å². The van der Waals surface area contributed by atoms with Crippen LogP contribution in [0.1, 0.15) is 36.7 Å². The zero-order valence-electron chi connectivity index (χ0n) is 10.3. The average Bonchev–Trinajstić information content (AvgIpc) is 2.14. The van der Waals surface area contributed by atoms with Gasteiger partial charge in [-0.25, -0.2) is 4.79 Å². The Morgan fingerprint density at radius 2 is 2.00 bits per heavy atom. The smallest absolute Gasteiger partial charge is 0.336 e. The summed E-state index contributed by atoms with van der Waals surface area (Å²) in [6.07, 6.45) is 0. The Hall–Kier alpha value is -1.51. The quantitative estimate of drug-likeness (QED) is 0.824. The molecule has 0 radical (unpaired) electrons. The number of rotatable bonds is 3. The van der Waals surface area contributed by atoms with E-state index in [1.54, 1.807) is 12.1 Å². The highest BCUT2D eigenvalue weighted by Gasteiger charge is 2.13. The molecule has 0 amide bonds. The van der Waals surface area contributed by atoms with Crippen LogP contribution >= 0.6 is 0 Å². The molecule has 0 saturated heterocycles. The lowest BCUT2D eigenvalue weighted by molar-refractivity contribution is 0.0696. The average molecular weight is 221 g/mol. The van der Waals surface area contributed by atoms with Crippen molar-refractivity contribution in [2.45, 2.75) is 27.7 Å². The molecule has 1 aromatic carbocycles. The lowest BCUT2D eigenvalue weighted by Gasteiger charge is -2.21. The first-order chi connectivity index (χ1) is 7.31. The van der Waals surface area contributed by atoms with E-state index in [1.807, 2.05) is 13.0 Å². The summed E-state index contributed by atoms with van der Waals surface area (Å²) in [6.45, 7) is 9.05. The highest BCUT2D eigenvalue weighted by atomic mass is 16.4. The molecule has 2 N–H and O–H groups in total. The highest BCUT2D eigenvalue weighted by molar-refractivity contribution is 5.91. The standard InChI is InChI=1S/C13H19NO2/c1-9-10(12(15)16)6-5-7-11(9)14-8-13(2,3)4/h5-7,14H,8H2,1-4H3,(H,15,16). The molecule has 3 heteroatoms. The number of anilines is 1. The van der Waals surface area contributed by atoms with Crippen LogP contribution in [0, 0.1) is 12.3 Å². The second kappa shape index (κ2) is 4.56. The first-order valence-corrected chi connectivity index (χ1v) is 5.38. The number of carboxylic acids is 1. The maximum Gasteiger partial charge on any atom is 0.336 e. The van der Waals surface area contributed by atoms with Crippen LogP contribution in [-0.4, -0.2) is 17.6 Å². The molecule has 16 heavy (non-hydrogen) atoms. The van der Waals surface area contributed by atoms with Gasteiger partial charge in [0.05, 0.1) is 5.56 Å². The molecule has 0 bridgehead atoms. The van der Waals surface area contributed by atoms with Crippen molar-refractivity contribution in [2.75, 3.05) is 11.9 Å². The van der Waals surface area contributed by atoms with Crippen molar-refractivity contribution in [3.05, 3.63) is 29.3 Å². The van der Waals surface area contributed by atoms with Gasteiger partial charge in [-0.1, -0.05) is 26.8 Å². The molecule has 0 spiro atoms. The maximum atomic E-state index is 10.9. The fourth-order valence-electron chi connectivity index (χ4n) is 1.42. The van der Waals surface area contributed by atoms with Crippen LogP contribution in [-0.2, 0) is 0 Å². The minimum absolute atomic E-state index is 0.172. The number of carboxylic acid groups (broad SMARTS) is 1. The fraction of sp³-hybridized carbons (Fsp3) is 0.462. The van der Waals surface area contributed by atoms with Crippen molar-refractivity contribution in [1.29, 1.82) is 0 Å². The predicted molar refractivity (Wildman–Crippen MR) is 66.1 cm³/mol. The molecule has 0 aromatic heterocycles. The molecule has 0 fully saturated rings. The largest absolute Gasteiger partial charge is 0.478 e. The molecule has 88 valence electrons. The molecule has 0 atom stereocenters. The van der Waals surface area contributed by atoms with Crippen LogP contribution in [0.4, 0.5) is 5.69 Å². The van der Waals surface area contributed by atoms with Crippen molar-refractivity contribution < 1.29 is 9.90 Å². The Labute approximate surface area is 96.5 Å². The van der Waals surface area contributed by atoms with Crippen molar-refractivity contribution in [1.82, 2.24) is 0 Å². The number of carbonyl (C=O) groups is 1. The monoisotopic (exact) mass is 221 g/mol. The highest BCUT2D eigenvalue weighted by Crippen LogP contribution is 2.21. The van der Waals surface area contributed by atoms with Gasteiger partial charge in [0.25, 0.3) is 0 Å². The Morgan fingerprint density at radius 3 is 2.50 bits per heavy atom. The lowest BCUT2D eigenvalue weighted by atomic mass is 9.96. The van der Waals surface area contributed by atoms with Gasteiger partial charge in [-0.15, -0.1) is 0 Å². The Bertz CT molecular complexity index is 391. The predicted octanol–water partition coefficient (Wildman–Crippen LogP) is 3.15. The summed E-state index contributed by atoms with van der Waals surface area (Å²) in [5, 5.41) is 12.3. The first-order valence-electron chi connectivity index (χ1n) is 5.38. The van der Waals surface area contributed by atoms with Crippen LogP contribution in [0.15, 0.2) is 18.2 Å². The third-order valence-electron chi connectivity index (χ3n) is 2.37. The van der Waals surface area contributed by atoms with E-state index in [2.05, 4.69) is 26.1 Å². The van der Waals surface area contributed by atoms with Gasteiger partial charge in [-0.05, 0) is 30.0 Å². The normalized spacial score (nSPS) is 11.2. The minimum atomic E-state index is -0.878. The molecule has 0 aliphatic carbocycles. The zero-order valence-corrected chi connectivity index (χ0v) is 10.3. The summed E-state index contributed by atoms with van der Waals surface area (Å²) >= 11 is 0. The van der Waals surface area contributed by atoms with E-state index in [0.717, 1.165) is 17.8 Å². The van der Waals surface area contributed by atoms with E-state index in [-0.39, 0.29) is 5.41 Å². The lowest BCUT2D eigenvalue weighted by Crippen LogP contribution is -2.19. The molecule has 0 saturated carbocycles. The molecule has 0 aliphatic rings. The Morgan fingerprint density at radius 1 is 1.38 bits per heavy atom. The Balaban J connectivity index is 2.90. The van der Waals surface area contributed by atoms with Gasteiger partial charge >= 0.3 is 5.97 Å². The van der Waals surface area contributed by atoms with E-state index < -0.39 is 5.97 Å². The van der Waals surface area contributed by atoms with Crippen molar-refractivity contribution in [3.8, 4) is 0 Å². The molecular formula is C13H19NO2. The van der Waals surface area contributed by atoms with Gasteiger partial charge in [0.15, 0.2) is 0 Å². The van der Waals surface area contributed by atoms with E-state index in [0.29, 0.717) is 5.56 Å². The Kier molecular flexibility index (Phi) is 3.58. The summed E-state index contributed by atoms with van der Waals surface area (Å²) in [5.41, 5.74) is 2.22. The molecular weight excluding hydrogens is 202 g/mol. The second-order valence-corrected chi connectivity index (χ2v) is 5.20. The van der Waals surface area contributed by atoms with Crippen molar-refractivity contribution in [3.63, 3.8) is 0 Å². The third-order valence-corrected chi connectivity index (χ3v) is 2.37. The number of hydrogen-bond donors (Lipinski definition) is 2. The summed E-state index contributed by atoms with van der Waals surface area (Å²) in [4.78, 5) is 10.9. The van der Waals surface area contributed by atoms with Gasteiger partial charge < -0.3 is 10.4 Å². The molecule has 0 aliphatic heterocycles. The fourth-order valence-corrected chi connectivity index (χ4v) is 1.42. The van der Waals surface area contributed by atoms with Crippen LogP contribution < -0.4 is 5.32 Å². The molecule has 3 nitrogen and oxygen atoms in total. The van der Waals surface area contributed by atoms with Gasteiger partial charge in [0.2, 0.25) is 0 Å². The van der Waals surface area contributed by atoms with Crippen LogP contribution in [0.5, 0.6) is 0 Å². The summed E-state index contributed by atoms with van der Waals surface area (Å²) in [5.74, 6) is -0.878. The van der Waals surface area contributed by atoms with E-state index in [9.17, 15) is 4.79 Å². The number of nitrogens with one attached hydrogen (secondary N) is 1. The van der Waals surface area contributed by atoms with Crippen LogP contribution in [0.2, 0.25) is 0 Å². The minimum Gasteiger partial charge on any atom is -0.478 e. The van der Waals surface area contributed by atoms with Crippen LogP contribution in [0.25, 0.3) is 0 Å². The topological polar surface area (TPSA) is 49.3 Å². The van der Waals surface area contributed by atoms with Gasteiger partial charge in [-0.3, -0.25) is 0 Å². The van der Waals surface area contributed by atoms with Crippen LogP contribution in [0.3, 0.4) is 0 Å². The molecule has 0 unspecified atom stereocenters. The zero-order chi connectivity index (χ0) is 12.3. The SMILES string of the molecule is Cc1c(NCC(C)(C)C)cccc1C(=O)O. The summed E-state index contributed by atoms with van der Waals surface area (Å²) < 4.78 is 0. The molecule has 0 heterocycles. The first kappa shape index (κ1) is 12.6. The number of hydrogen-bond acceptors (Lipinski definition) is 2. The number of aromatic carboxylic acids is 1. The van der Waals surface area contributed by atoms with Gasteiger partial charge in [0, 0.05) is 12.2 Å². The van der Waals surface area contributed by atoms with Gasteiger partial charge in [-0.2, -0.15) is 0 Å². The van der Waals surface area contributed by atoms with E-state index in [4.69, 9.17) is 5.11 Å². The maximum absolute atomic E-state index is 10.9. The second-order valence-electron chi connectivity index (χ2n) is 5.20. The van der Waals surface area contributed by atoms with E-state index in [1.165, 1.54) is 0 Å². The van der Waals surface area contributed by atoms with Crippen molar-refractivity contribution >= 4 is 11.7 Å². The summed E-state index contributed by atoms with van der Waals surface area (Å²) in [6, 6.07) is 5.30. The summed E-state index contributed by atoms with van der Waals surface area (Å²) in [7, 11) is 0. The third kappa shape index (κ3) is 3.26. The number of benzene rings is 1. The molecule has 1 aromatic rings.